The third-order valence-corrected chi connectivity index (χ3v) is 7.32. The van der Waals surface area contributed by atoms with Crippen LogP contribution in [0.2, 0.25) is 0 Å². The van der Waals surface area contributed by atoms with Gasteiger partial charge in [0.15, 0.2) is 11.5 Å². The Bertz CT molecular complexity index is 973. The zero-order valence-electron chi connectivity index (χ0n) is 17.0. The minimum absolute atomic E-state index is 0.0327. The Morgan fingerprint density at radius 2 is 1.90 bits per heavy atom. The Hall–Kier alpha value is -2.64. The van der Waals surface area contributed by atoms with Crippen LogP contribution in [0.4, 0.5) is 5.82 Å². The van der Waals surface area contributed by atoms with Crippen LogP contribution in [0.1, 0.15) is 78.7 Å². The molecule has 4 aliphatic rings. The number of aromatic amines is 1. The number of likely N-dealkylation sites (tertiary alicyclic amines) is 1. The lowest BCUT2D eigenvalue weighted by molar-refractivity contribution is -0.122. The number of hydrogen-bond acceptors (Lipinski definition) is 5. The summed E-state index contributed by atoms with van der Waals surface area (Å²) in [5.74, 6) is 2.91. The molecule has 6 rings (SSSR count). The van der Waals surface area contributed by atoms with Crippen molar-refractivity contribution in [1.82, 2.24) is 20.3 Å². The lowest BCUT2D eigenvalue weighted by atomic mass is 9.73. The molecule has 1 aliphatic heterocycles. The fourth-order valence-electron chi connectivity index (χ4n) is 5.30. The van der Waals surface area contributed by atoms with E-state index in [2.05, 4.69) is 20.7 Å². The van der Waals surface area contributed by atoms with Crippen LogP contribution in [-0.2, 0) is 4.79 Å². The van der Waals surface area contributed by atoms with Gasteiger partial charge in [-0.05, 0) is 50.4 Å². The molecule has 2 aromatic rings. The Labute approximate surface area is 174 Å². The van der Waals surface area contributed by atoms with Crippen LogP contribution < -0.4 is 5.32 Å². The van der Waals surface area contributed by atoms with Gasteiger partial charge in [0.1, 0.15) is 5.76 Å². The first kappa shape index (κ1) is 18.2. The van der Waals surface area contributed by atoms with E-state index in [1.807, 2.05) is 11.0 Å². The molecular formula is C22H27N5O3. The fraction of sp³-hybridized carbons (Fsp3) is 0.636. The number of hydrogen-bond donors (Lipinski definition) is 2. The summed E-state index contributed by atoms with van der Waals surface area (Å²) >= 11 is 0. The molecule has 1 saturated heterocycles. The Balaban J connectivity index is 1.13. The molecular weight excluding hydrogens is 382 g/mol. The first-order valence-electron chi connectivity index (χ1n) is 11.3. The summed E-state index contributed by atoms with van der Waals surface area (Å²) in [6.07, 6.45) is 7.57. The van der Waals surface area contributed by atoms with E-state index in [0.717, 1.165) is 43.6 Å². The number of anilines is 1. The van der Waals surface area contributed by atoms with E-state index in [9.17, 15) is 9.59 Å². The molecule has 8 heteroatoms. The molecule has 2 aromatic heterocycles. The summed E-state index contributed by atoms with van der Waals surface area (Å²) in [6, 6.07) is 3.77. The van der Waals surface area contributed by atoms with E-state index in [4.69, 9.17) is 4.52 Å². The van der Waals surface area contributed by atoms with Gasteiger partial charge in [0.25, 0.3) is 5.91 Å². The van der Waals surface area contributed by atoms with Crippen molar-refractivity contribution in [2.75, 3.05) is 18.4 Å². The summed E-state index contributed by atoms with van der Waals surface area (Å²) in [5, 5.41) is 14.3. The number of carbonyl (C=O) groups excluding carboxylic acids is 2. The quantitative estimate of drug-likeness (QED) is 0.789. The predicted molar refractivity (Wildman–Crippen MR) is 108 cm³/mol. The van der Waals surface area contributed by atoms with Gasteiger partial charge in [-0.2, -0.15) is 5.10 Å². The second kappa shape index (κ2) is 6.96. The third-order valence-electron chi connectivity index (χ3n) is 7.32. The van der Waals surface area contributed by atoms with Crippen LogP contribution in [0.25, 0.3) is 0 Å². The van der Waals surface area contributed by atoms with Crippen LogP contribution in [0.3, 0.4) is 0 Å². The molecule has 0 bridgehead atoms. The molecule has 3 aliphatic carbocycles. The standard InChI is InChI=1S/C22H27N5O3/c28-21(23-20-9-17(24-25-20)12-4-5-12)15-3-1-2-14-10-27(11-16(14)15)22(29)18-8-19(30-26-18)13-6-7-13/h8-9,12-16H,1-7,10-11H2,(H2,23,24,25,28)/t14-,15+,16-/m1/s1. The van der Waals surface area contributed by atoms with Crippen molar-refractivity contribution in [3.63, 3.8) is 0 Å². The lowest BCUT2D eigenvalue weighted by Gasteiger charge is -2.31. The van der Waals surface area contributed by atoms with Crippen molar-refractivity contribution in [2.45, 2.75) is 56.8 Å². The van der Waals surface area contributed by atoms with Gasteiger partial charge in [-0.25, -0.2) is 0 Å². The number of nitrogens with zero attached hydrogens (tertiary/aromatic N) is 3. The van der Waals surface area contributed by atoms with Crippen LogP contribution in [0.15, 0.2) is 16.7 Å². The first-order chi connectivity index (χ1) is 14.7. The summed E-state index contributed by atoms with van der Waals surface area (Å²) in [5.41, 5.74) is 1.52. The molecule has 3 atom stereocenters. The predicted octanol–water partition coefficient (Wildman–Crippen LogP) is 3.28. The number of H-pyrrole nitrogens is 1. The largest absolute Gasteiger partial charge is 0.360 e. The van der Waals surface area contributed by atoms with Crippen LogP contribution in [0, 0.1) is 17.8 Å². The number of amides is 2. The van der Waals surface area contributed by atoms with Gasteiger partial charge in [0, 0.05) is 48.7 Å². The smallest absolute Gasteiger partial charge is 0.276 e. The highest BCUT2D eigenvalue weighted by atomic mass is 16.5. The Kier molecular flexibility index (Phi) is 4.21. The maximum atomic E-state index is 13.0. The van der Waals surface area contributed by atoms with Gasteiger partial charge in [-0.15, -0.1) is 0 Å². The molecule has 0 radical (unpaired) electrons. The maximum absolute atomic E-state index is 13.0. The van der Waals surface area contributed by atoms with Gasteiger partial charge >= 0.3 is 0 Å². The average Bonchev–Trinajstić information content (AvgIpc) is 3.64. The molecule has 3 saturated carbocycles. The first-order valence-corrected chi connectivity index (χ1v) is 11.3. The van der Waals surface area contributed by atoms with Gasteiger partial charge in [0.2, 0.25) is 5.91 Å². The summed E-state index contributed by atoms with van der Waals surface area (Å²) in [4.78, 5) is 27.9. The molecule has 30 heavy (non-hydrogen) atoms. The maximum Gasteiger partial charge on any atom is 0.276 e. The van der Waals surface area contributed by atoms with Gasteiger partial charge in [-0.3, -0.25) is 14.7 Å². The van der Waals surface area contributed by atoms with Crippen molar-refractivity contribution in [1.29, 1.82) is 0 Å². The molecule has 2 amide bonds. The second-order valence-electron chi connectivity index (χ2n) is 9.53. The van der Waals surface area contributed by atoms with Gasteiger partial charge in [0.05, 0.1) is 0 Å². The highest BCUT2D eigenvalue weighted by Gasteiger charge is 2.45. The van der Waals surface area contributed by atoms with Gasteiger partial charge < -0.3 is 14.7 Å². The number of rotatable bonds is 5. The molecule has 2 N–H and O–H groups in total. The minimum atomic E-state index is -0.0815. The van der Waals surface area contributed by atoms with Crippen LogP contribution in [-0.4, -0.2) is 45.2 Å². The molecule has 0 unspecified atom stereocenters. The van der Waals surface area contributed by atoms with Crippen LogP contribution in [0.5, 0.6) is 0 Å². The average molecular weight is 409 g/mol. The van der Waals surface area contributed by atoms with Gasteiger partial charge in [-0.1, -0.05) is 11.6 Å². The van der Waals surface area contributed by atoms with Crippen LogP contribution >= 0.6 is 0 Å². The zero-order chi connectivity index (χ0) is 20.2. The van der Waals surface area contributed by atoms with E-state index >= 15 is 0 Å². The van der Waals surface area contributed by atoms with Crippen molar-refractivity contribution in [3.8, 4) is 0 Å². The van der Waals surface area contributed by atoms with E-state index in [1.165, 1.54) is 12.8 Å². The summed E-state index contributed by atoms with van der Waals surface area (Å²) in [7, 11) is 0. The highest BCUT2D eigenvalue weighted by molar-refractivity contribution is 5.94. The van der Waals surface area contributed by atoms with E-state index in [0.29, 0.717) is 42.4 Å². The molecule has 8 nitrogen and oxygen atoms in total. The lowest BCUT2D eigenvalue weighted by Crippen LogP contribution is -2.36. The Morgan fingerprint density at radius 3 is 2.70 bits per heavy atom. The minimum Gasteiger partial charge on any atom is -0.360 e. The monoisotopic (exact) mass is 409 g/mol. The molecule has 0 spiro atoms. The highest BCUT2D eigenvalue weighted by Crippen LogP contribution is 2.43. The molecule has 3 heterocycles. The topological polar surface area (TPSA) is 104 Å². The van der Waals surface area contributed by atoms with E-state index < -0.39 is 0 Å². The normalized spacial score (nSPS) is 28.4. The van der Waals surface area contributed by atoms with Crippen molar-refractivity contribution in [3.05, 3.63) is 29.3 Å². The Morgan fingerprint density at radius 1 is 1.07 bits per heavy atom. The number of aromatic nitrogens is 3. The number of nitrogens with one attached hydrogen (secondary N) is 2. The zero-order valence-corrected chi connectivity index (χ0v) is 17.0. The third kappa shape index (κ3) is 3.32. The van der Waals surface area contributed by atoms with Crippen molar-refractivity contribution < 1.29 is 14.1 Å². The molecule has 4 fully saturated rings. The van der Waals surface area contributed by atoms with E-state index in [-0.39, 0.29) is 23.7 Å². The summed E-state index contributed by atoms with van der Waals surface area (Å²) < 4.78 is 5.37. The summed E-state index contributed by atoms with van der Waals surface area (Å²) in [6.45, 7) is 1.31. The fourth-order valence-corrected chi connectivity index (χ4v) is 5.30. The van der Waals surface area contributed by atoms with E-state index in [1.54, 1.807) is 6.07 Å². The second-order valence-corrected chi connectivity index (χ2v) is 9.53. The molecule has 158 valence electrons. The van der Waals surface area contributed by atoms with Crippen molar-refractivity contribution in [2.24, 2.45) is 17.8 Å². The molecule has 0 aromatic carbocycles. The van der Waals surface area contributed by atoms with Crippen molar-refractivity contribution >= 4 is 17.6 Å². The number of carbonyl (C=O) groups is 2. The SMILES string of the molecule is O=C(Nc1cc(C2CC2)[nH]n1)[C@H]1CCC[C@@H]2CN(C(=O)c3cc(C4CC4)on3)C[C@H]21. The number of fused-ring (bicyclic) bond motifs is 1.